The van der Waals surface area contributed by atoms with Crippen LogP contribution < -0.4 is 10.6 Å². The van der Waals surface area contributed by atoms with Gasteiger partial charge in [-0.15, -0.1) is 0 Å². The molecule has 0 radical (unpaired) electrons. The first-order valence-electron chi connectivity index (χ1n) is 9.20. The molecule has 2 heterocycles. The van der Waals surface area contributed by atoms with Crippen molar-refractivity contribution in [1.82, 2.24) is 20.6 Å². The minimum Gasteiger partial charge on any atom is -0.504 e. The number of aromatic nitrogens is 2. The maximum Gasteiger partial charge on any atom is 0.267 e. The quantitative estimate of drug-likeness (QED) is 0.222. The van der Waals surface area contributed by atoms with Crippen LogP contribution >= 0.6 is 0 Å². The first-order chi connectivity index (χ1) is 14.0. The van der Waals surface area contributed by atoms with Gasteiger partial charge < -0.3 is 30.8 Å². The fraction of sp³-hybridized carbons (Fsp3) is 0.143. The Morgan fingerprint density at radius 1 is 0.759 bits per heavy atom. The summed E-state index contributed by atoms with van der Waals surface area (Å²) in [6.07, 6.45) is 0.569. The van der Waals surface area contributed by atoms with Crippen molar-refractivity contribution in [1.29, 1.82) is 0 Å². The number of carbonyl (C=O) groups excluding carboxylic acids is 2. The third-order valence-corrected chi connectivity index (χ3v) is 4.66. The molecule has 4 aromatic rings. The molecule has 2 amide bonds. The molecule has 0 spiro atoms. The number of nitrogens with one attached hydrogen (secondary N) is 4. The number of phenolic OH excluding ortho intramolecular Hbond substituents is 2. The van der Waals surface area contributed by atoms with Crippen LogP contribution in [0.3, 0.4) is 0 Å². The van der Waals surface area contributed by atoms with Crippen molar-refractivity contribution >= 4 is 33.6 Å². The number of fused-ring (bicyclic) bond motifs is 2. The number of H-pyrrole nitrogens is 2. The monoisotopic (exact) mass is 392 g/mol. The van der Waals surface area contributed by atoms with Gasteiger partial charge in [0, 0.05) is 41.0 Å². The highest BCUT2D eigenvalue weighted by Gasteiger charge is 2.12. The summed E-state index contributed by atoms with van der Waals surface area (Å²) in [5, 5.41) is 26.2. The maximum atomic E-state index is 12.2. The highest BCUT2D eigenvalue weighted by molar-refractivity contribution is 5.99. The fourth-order valence-electron chi connectivity index (χ4n) is 3.16. The predicted octanol–water partition coefficient (Wildman–Crippen LogP) is 2.61. The normalized spacial score (nSPS) is 11.0. The molecular weight excluding hydrogens is 372 g/mol. The van der Waals surface area contributed by atoms with E-state index >= 15 is 0 Å². The Labute approximate surface area is 165 Å². The van der Waals surface area contributed by atoms with E-state index in [-0.39, 0.29) is 23.3 Å². The van der Waals surface area contributed by atoms with Crippen molar-refractivity contribution in [3.8, 4) is 11.5 Å². The summed E-state index contributed by atoms with van der Waals surface area (Å²) >= 11 is 0. The number of para-hydroxylation sites is 1. The molecule has 6 N–H and O–H groups in total. The van der Waals surface area contributed by atoms with E-state index in [2.05, 4.69) is 20.6 Å². The lowest BCUT2D eigenvalue weighted by atomic mass is 10.2. The summed E-state index contributed by atoms with van der Waals surface area (Å²) in [6.45, 7) is 0.806. The summed E-state index contributed by atoms with van der Waals surface area (Å²) in [5.74, 6) is -0.990. The number of amides is 2. The van der Waals surface area contributed by atoms with Crippen LogP contribution in [0.2, 0.25) is 0 Å². The molecule has 0 saturated carbocycles. The molecule has 2 aromatic carbocycles. The Morgan fingerprint density at radius 3 is 2.03 bits per heavy atom. The van der Waals surface area contributed by atoms with Crippen molar-refractivity contribution < 1.29 is 19.8 Å². The first-order valence-corrected chi connectivity index (χ1v) is 9.20. The van der Waals surface area contributed by atoms with E-state index in [9.17, 15) is 19.8 Å². The van der Waals surface area contributed by atoms with E-state index in [4.69, 9.17) is 0 Å². The minimum atomic E-state index is -0.304. The molecule has 0 aliphatic carbocycles. The minimum absolute atomic E-state index is 0.192. The van der Waals surface area contributed by atoms with Crippen LogP contribution in [0.5, 0.6) is 11.5 Å². The molecule has 0 unspecified atom stereocenters. The molecule has 0 atom stereocenters. The van der Waals surface area contributed by atoms with E-state index in [1.807, 2.05) is 24.3 Å². The SMILES string of the molecule is O=C(NCCCNC(=O)c1cc2cc(O)c(O)cc2[nH]1)c1cc2ccccc2[nH]1. The molecule has 0 saturated heterocycles. The maximum absolute atomic E-state index is 12.2. The Morgan fingerprint density at radius 2 is 1.34 bits per heavy atom. The molecule has 4 rings (SSSR count). The van der Waals surface area contributed by atoms with Crippen molar-refractivity contribution in [2.45, 2.75) is 6.42 Å². The predicted molar refractivity (Wildman–Crippen MR) is 109 cm³/mol. The lowest BCUT2D eigenvalue weighted by Crippen LogP contribution is -2.30. The van der Waals surface area contributed by atoms with E-state index in [0.717, 1.165) is 10.9 Å². The molecule has 0 bridgehead atoms. The average Bonchev–Trinajstić information content (AvgIpc) is 3.31. The summed E-state index contributed by atoms with van der Waals surface area (Å²) in [6, 6.07) is 13.8. The summed E-state index contributed by atoms with van der Waals surface area (Å²) < 4.78 is 0. The number of hydrogen-bond acceptors (Lipinski definition) is 4. The zero-order valence-electron chi connectivity index (χ0n) is 15.5. The van der Waals surface area contributed by atoms with Gasteiger partial charge in [-0.2, -0.15) is 0 Å². The zero-order valence-corrected chi connectivity index (χ0v) is 15.5. The standard InChI is InChI=1S/C21H20N4O4/c26-18-10-13-9-17(25-15(13)11-19(18)27)21(29)23-7-3-6-22-20(28)16-8-12-4-1-2-5-14(12)24-16/h1-2,4-5,8-11,24-27H,3,6-7H2,(H,22,28)(H,23,29). The van der Waals surface area contributed by atoms with Crippen LogP contribution in [0.4, 0.5) is 0 Å². The average molecular weight is 392 g/mol. The largest absolute Gasteiger partial charge is 0.504 e. The number of hydrogen-bond donors (Lipinski definition) is 6. The van der Waals surface area contributed by atoms with Gasteiger partial charge in [-0.1, -0.05) is 18.2 Å². The highest BCUT2D eigenvalue weighted by atomic mass is 16.3. The Bertz CT molecular complexity index is 1140. The number of benzene rings is 2. The first kappa shape index (κ1) is 18.4. The molecule has 0 aliphatic heterocycles. The third-order valence-electron chi connectivity index (χ3n) is 4.66. The van der Waals surface area contributed by atoms with Crippen LogP contribution in [-0.2, 0) is 0 Å². The van der Waals surface area contributed by atoms with Crippen LogP contribution in [0, 0.1) is 0 Å². The van der Waals surface area contributed by atoms with Gasteiger partial charge in [0.05, 0.1) is 0 Å². The highest BCUT2D eigenvalue weighted by Crippen LogP contribution is 2.30. The third kappa shape index (κ3) is 3.86. The molecule has 8 heteroatoms. The van der Waals surface area contributed by atoms with Gasteiger partial charge in [0.15, 0.2) is 11.5 Å². The van der Waals surface area contributed by atoms with Crippen LogP contribution in [-0.4, -0.2) is 45.1 Å². The summed E-state index contributed by atoms with van der Waals surface area (Å²) in [5.41, 5.74) is 2.29. The second-order valence-corrected chi connectivity index (χ2v) is 6.75. The molecule has 148 valence electrons. The van der Waals surface area contributed by atoms with E-state index in [0.29, 0.717) is 41.8 Å². The smallest absolute Gasteiger partial charge is 0.267 e. The van der Waals surface area contributed by atoms with Crippen LogP contribution in [0.1, 0.15) is 27.4 Å². The van der Waals surface area contributed by atoms with Crippen LogP contribution in [0.15, 0.2) is 48.5 Å². The second kappa shape index (κ2) is 7.59. The van der Waals surface area contributed by atoms with E-state index in [1.54, 1.807) is 12.1 Å². The number of phenols is 2. The fourth-order valence-corrected chi connectivity index (χ4v) is 3.16. The molecule has 0 fully saturated rings. The topological polar surface area (TPSA) is 130 Å². The van der Waals surface area contributed by atoms with Crippen molar-refractivity contribution in [3.05, 3.63) is 59.9 Å². The number of rotatable bonds is 6. The molecule has 2 aromatic heterocycles. The van der Waals surface area contributed by atoms with Gasteiger partial charge in [0.1, 0.15) is 11.4 Å². The van der Waals surface area contributed by atoms with Gasteiger partial charge in [0.2, 0.25) is 0 Å². The van der Waals surface area contributed by atoms with Gasteiger partial charge >= 0.3 is 0 Å². The molecule has 29 heavy (non-hydrogen) atoms. The lowest BCUT2D eigenvalue weighted by Gasteiger charge is -2.05. The number of aromatic hydroxyl groups is 2. The summed E-state index contributed by atoms with van der Waals surface area (Å²) in [7, 11) is 0. The van der Waals surface area contributed by atoms with Crippen LogP contribution in [0.25, 0.3) is 21.8 Å². The Balaban J connectivity index is 1.26. The van der Waals surface area contributed by atoms with Crippen molar-refractivity contribution in [2.24, 2.45) is 0 Å². The summed E-state index contributed by atoms with van der Waals surface area (Å²) in [4.78, 5) is 30.4. The van der Waals surface area contributed by atoms with E-state index < -0.39 is 0 Å². The molecule has 0 aliphatic rings. The van der Waals surface area contributed by atoms with Gasteiger partial charge in [0.25, 0.3) is 11.8 Å². The van der Waals surface area contributed by atoms with Gasteiger partial charge in [-0.25, -0.2) is 0 Å². The molecule has 8 nitrogen and oxygen atoms in total. The zero-order chi connectivity index (χ0) is 20.4. The molecular formula is C21H20N4O4. The van der Waals surface area contributed by atoms with Crippen molar-refractivity contribution in [3.63, 3.8) is 0 Å². The number of carbonyl (C=O) groups is 2. The Kier molecular flexibility index (Phi) is 4.82. The number of aromatic amines is 2. The Hall–Kier alpha value is -3.94. The lowest BCUT2D eigenvalue weighted by molar-refractivity contribution is 0.0947. The van der Waals surface area contributed by atoms with Gasteiger partial charge in [-0.05, 0) is 30.7 Å². The van der Waals surface area contributed by atoms with E-state index in [1.165, 1.54) is 12.1 Å². The second-order valence-electron chi connectivity index (χ2n) is 6.75. The van der Waals surface area contributed by atoms with Crippen molar-refractivity contribution in [2.75, 3.05) is 13.1 Å². The van der Waals surface area contributed by atoms with Gasteiger partial charge in [-0.3, -0.25) is 9.59 Å².